The van der Waals surface area contributed by atoms with Crippen molar-refractivity contribution >= 4 is 89.5 Å². The van der Waals surface area contributed by atoms with Crippen LogP contribution in [-0.2, 0) is 22.0 Å². The fourth-order valence-electron chi connectivity index (χ4n) is 5.65. The molecule has 0 saturated heterocycles. The predicted octanol–water partition coefficient (Wildman–Crippen LogP) is 11.7. The summed E-state index contributed by atoms with van der Waals surface area (Å²) in [5, 5.41) is 11.9. The van der Waals surface area contributed by atoms with E-state index < -0.39 is 31.5 Å². The van der Waals surface area contributed by atoms with Crippen LogP contribution in [0.1, 0.15) is 63.8 Å². The molecule has 0 fully saturated rings. The maximum absolute atomic E-state index is 12.9. The molecule has 0 radical (unpaired) electrons. The molecule has 0 amide bonds. The third-order valence-electron chi connectivity index (χ3n) is 8.50. The monoisotopic (exact) mass is 796 g/mol. The van der Waals surface area contributed by atoms with Crippen molar-refractivity contribution in [3.63, 3.8) is 0 Å². The number of hydrogen-bond acceptors (Lipinski definition) is 4. The van der Waals surface area contributed by atoms with Crippen LogP contribution in [0, 0.1) is 0 Å². The molecule has 6 aromatic carbocycles. The lowest BCUT2D eigenvalue weighted by molar-refractivity contribution is 0.650. The van der Waals surface area contributed by atoms with Gasteiger partial charge in [0.05, 0.1) is 20.9 Å². The van der Waals surface area contributed by atoms with Crippen molar-refractivity contribution in [1.82, 2.24) is 0 Å². The van der Waals surface area contributed by atoms with Crippen LogP contribution >= 0.6 is 23.2 Å². The molecule has 0 aliphatic carbocycles. The first-order valence-electron chi connectivity index (χ1n) is 17.6. The van der Waals surface area contributed by atoms with Gasteiger partial charge in [0.25, 0.3) is 0 Å². The van der Waals surface area contributed by atoms with E-state index in [0.29, 0.717) is 21.5 Å². The molecule has 2 atom stereocenters. The van der Waals surface area contributed by atoms with E-state index in [9.17, 15) is 8.42 Å². The van der Waals surface area contributed by atoms with Crippen molar-refractivity contribution in [2.45, 2.75) is 51.0 Å². The van der Waals surface area contributed by atoms with E-state index in [1.54, 1.807) is 0 Å². The Hall–Kier alpha value is -4.34. The standard InChI is InChI=1S/2C22H23ClN2OS/c2*1-22(2,3)27(26)25-21(19-14-16(23)12-13-20(19)24-4)18-11-7-9-15-8-5-6-10-17(15)18/h2*5-14,24H,1-4H3/b2*25-21+/t2*27-/m11/s1. The molecule has 6 aromatic rings. The molecule has 6 nitrogen and oxygen atoms in total. The van der Waals surface area contributed by atoms with Gasteiger partial charge in [0.2, 0.25) is 0 Å². The second-order valence-corrected chi connectivity index (χ2v) is 19.2. The minimum atomic E-state index is -1.41. The summed E-state index contributed by atoms with van der Waals surface area (Å²) in [6, 6.07) is 39.6. The lowest BCUT2D eigenvalue weighted by Crippen LogP contribution is -2.22. The van der Waals surface area contributed by atoms with E-state index in [1.165, 1.54) is 0 Å². The van der Waals surface area contributed by atoms with Crippen LogP contribution in [0.3, 0.4) is 0 Å². The fourth-order valence-corrected chi connectivity index (χ4v) is 7.27. The van der Waals surface area contributed by atoms with Gasteiger partial charge < -0.3 is 10.6 Å². The average molecular weight is 798 g/mol. The Labute approximate surface area is 334 Å². The first-order chi connectivity index (χ1) is 25.6. The summed E-state index contributed by atoms with van der Waals surface area (Å²) in [6.45, 7) is 11.5. The Balaban J connectivity index is 0.000000208. The van der Waals surface area contributed by atoms with Gasteiger partial charge in [0, 0.05) is 57.8 Å². The minimum Gasteiger partial charge on any atom is -0.388 e. The molecular formula is C44H46Cl2N4O2S2. The van der Waals surface area contributed by atoms with E-state index in [0.717, 1.165) is 55.2 Å². The number of nitrogens with zero attached hydrogens (tertiary/aromatic N) is 2. The third-order valence-corrected chi connectivity index (χ3v) is 11.8. The molecule has 0 aromatic heterocycles. The third kappa shape index (κ3) is 9.66. The second kappa shape index (κ2) is 17.4. The molecule has 0 spiro atoms. The molecule has 0 unspecified atom stereocenters. The number of benzene rings is 6. The van der Waals surface area contributed by atoms with Crippen LogP contribution in [0.4, 0.5) is 11.4 Å². The van der Waals surface area contributed by atoms with Crippen molar-refractivity contribution in [1.29, 1.82) is 0 Å². The number of nitrogens with one attached hydrogen (secondary N) is 2. The second-order valence-electron chi connectivity index (χ2n) is 14.5. The zero-order valence-electron chi connectivity index (χ0n) is 31.8. The molecule has 2 N–H and O–H groups in total. The Morgan fingerprint density at radius 1 is 0.500 bits per heavy atom. The Bertz CT molecular complexity index is 2230. The molecule has 6 rings (SSSR count). The van der Waals surface area contributed by atoms with Crippen LogP contribution < -0.4 is 10.6 Å². The number of hydrogen-bond donors (Lipinski definition) is 2. The van der Waals surface area contributed by atoms with Crippen LogP contribution in [-0.4, -0.2) is 43.4 Å². The predicted molar refractivity (Wildman–Crippen MR) is 237 cm³/mol. The van der Waals surface area contributed by atoms with Gasteiger partial charge in [-0.15, -0.1) is 0 Å². The van der Waals surface area contributed by atoms with Crippen molar-refractivity contribution in [2.24, 2.45) is 8.80 Å². The van der Waals surface area contributed by atoms with Crippen LogP contribution in [0.5, 0.6) is 0 Å². The number of halogens is 2. The zero-order chi connectivity index (χ0) is 39.2. The maximum atomic E-state index is 12.9. The van der Waals surface area contributed by atoms with Gasteiger partial charge in [-0.3, -0.25) is 0 Å². The molecule has 0 aliphatic heterocycles. The van der Waals surface area contributed by atoms with Gasteiger partial charge in [-0.1, -0.05) is 108 Å². The van der Waals surface area contributed by atoms with E-state index in [2.05, 4.69) is 55.8 Å². The maximum Gasteiger partial charge on any atom is 0.145 e. The molecule has 10 heteroatoms. The Morgan fingerprint density at radius 2 is 0.852 bits per heavy atom. The van der Waals surface area contributed by atoms with Gasteiger partial charge in [-0.25, -0.2) is 8.42 Å². The van der Waals surface area contributed by atoms with Gasteiger partial charge in [0.15, 0.2) is 0 Å². The van der Waals surface area contributed by atoms with Crippen molar-refractivity contribution < 1.29 is 8.42 Å². The number of anilines is 2. The number of rotatable bonds is 8. The largest absolute Gasteiger partial charge is 0.388 e. The summed E-state index contributed by atoms with van der Waals surface area (Å²) in [5.41, 5.74) is 6.65. The Kier molecular flexibility index (Phi) is 13.2. The summed E-state index contributed by atoms with van der Waals surface area (Å²) in [7, 11) is 0.889. The lowest BCUT2D eigenvalue weighted by atomic mass is 9.95. The highest BCUT2D eigenvalue weighted by Crippen LogP contribution is 2.31. The van der Waals surface area contributed by atoms with Crippen molar-refractivity contribution in [3.05, 3.63) is 154 Å². The summed E-state index contributed by atoms with van der Waals surface area (Å²) >= 11 is 12.6. The molecule has 0 aliphatic rings. The molecular weight excluding hydrogens is 752 g/mol. The highest BCUT2D eigenvalue weighted by atomic mass is 35.5. The quantitative estimate of drug-likeness (QED) is 0.150. The highest BCUT2D eigenvalue weighted by molar-refractivity contribution is 7.85. The molecule has 0 bridgehead atoms. The topological polar surface area (TPSA) is 82.9 Å². The van der Waals surface area contributed by atoms with Crippen LogP contribution in [0.15, 0.2) is 130 Å². The SMILES string of the molecule is CNc1ccc(Cl)cc1/C(=N/[S@](=O)C(C)(C)C)c1cccc2ccccc12.CNc1ccc(Cl)cc1/C(=N/[S@](=O)C(C)(C)C)c1cccc2ccccc12. The van der Waals surface area contributed by atoms with Gasteiger partial charge in [-0.05, 0) is 99.5 Å². The van der Waals surface area contributed by atoms with E-state index in [-0.39, 0.29) is 0 Å². The summed E-state index contributed by atoms with van der Waals surface area (Å²) in [6.07, 6.45) is 0. The zero-order valence-corrected chi connectivity index (χ0v) is 35.0. The van der Waals surface area contributed by atoms with E-state index >= 15 is 0 Å². The van der Waals surface area contributed by atoms with Gasteiger partial charge >= 0.3 is 0 Å². The van der Waals surface area contributed by atoms with Crippen LogP contribution in [0.2, 0.25) is 10.0 Å². The average Bonchev–Trinajstić information content (AvgIpc) is 3.15. The van der Waals surface area contributed by atoms with Crippen LogP contribution in [0.25, 0.3) is 21.5 Å². The molecule has 54 heavy (non-hydrogen) atoms. The van der Waals surface area contributed by atoms with E-state index in [4.69, 9.17) is 23.2 Å². The Morgan fingerprint density at radius 3 is 1.20 bits per heavy atom. The fraction of sp³-hybridized carbons (Fsp3) is 0.227. The first-order valence-corrected chi connectivity index (χ1v) is 20.5. The van der Waals surface area contributed by atoms with Gasteiger partial charge in [-0.2, -0.15) is 8.80 Å². The van der Waals surface area contributed by atoms with Crippen molar-refractivity contribution in [2.75, 3.05) is 24.7 Å². The first kappa shape index (κ1) is 40.8. The number of fused-ring (bicyclic) bond motifs is 2. The molecule has 0 heterocycles. The molecule has 0 saturated carbocycles. The lowest BCUT2D eigenvalue weighted by Gasteiger charge is -2.18. The smallest absolute Gasteiger partial charge is 0.145 e. The van der Waals surface area contributed by atoms with Crippen molar-refractivity contribution in [3.8, 4) is 0 Å². The minimum absolute atomic E-state index is 0.464. The van der Waals surface area contributed by atoms with Gasteiger partial charge in [0.1, 0.15) is 22.0 Å². The molecule has 280 valence electrons. The summed E-state index contributed by atoms with van der Waals surface area (Å²) in [4.78, 5) is 0. The van der Waals surface area contributed by atoms with E-state index in [1.807, 2.05) is 141 Å². The highest BCUT2D eigenvalue weighted by Gasteiger charge is 2.24. The summed E-state index contributed by atoms with van der Waals surface area (Å²) < 4.78 is 34.3. The normalized spacial score (nSPS) is 13.6. The summed E-state index contributed by atoms with van der Waals surface area (Å²) in [5.74, 6) is 0.